The molecule has 1 aromatic carbocycles. The van der Waals surface area contributed by atoms with Gasteiger partial charge in [-0.15, -0.1) is 0 Å². The van der Waals surface area contributed by atoms with E-state index in [2.05, 4.69) is 31.0 Å². The quantitative estimate of drug-likeness (QED) is 0.813. The van der Waals surface area contributed by atoms with Crippen LogP contribution in [0.4, 0.5) is 16.2 Å². The van der Waals surface area contributed by atoms with Gasteiger partial charge >= 0.3 is 6.03 Å². The lowest BCUT2D eigenvalue weighted by molar-refractivity contribution is 0.167. The van der Waals surface area contributed by atoms with E-state index >= 15 is 0 Å². The molecule has 1 aromatic rings. The normalized spacial score (nSPS) is 12.1. The molecule has 0 aliphatic carbocycles. The highest BCUT2D eigenvalue weighted by Crippen LogP contribution is 2.20. The van der Waals surface area contributed by atoms with E-state index in [9.17, 15) is 9.90 Å². The Morgan fingerprint density at radius 3 is 2.27 bits per heavy atom. The van der Waals surface area contributed by atoms with Crippen molar-refractivity contribution in [1.29, 1.82) is 0 Å². The molecule has 0 radical (unpaired) electrons. The number of nitrogens with one attached hydrogen (secondary N) is 1. The maximum absolute atomic E-state index is 12.0. The predicted octanol–water partition coefficient (Wildman–Crippen LogP) is 3.16. The number of anilines is 2. The summed E-state index contributed by atoms with van der Waals surface area (Å²) in [6.07, 6.45) is 0.175. The van der Waals surface area contributed by atoms with Gasteiger partial charge < -0.3 is 20.2 Å². The van der Waals surface area contributed by atoms with Crippen LogP contribution < -0.4 is 10.2 Å². The molecule has 0 spiro atoms. The van der Waals surface area contributed by atoms with Crippen molar-refractivity contribution in [1.82, 2.24) is 4.90 Å². The van der Waals surface area contributed by atoms with Crippen LogP contribution in [0.25, 0.3) is 0 Å². The summed E-state index contributed by atoms with van der Waals surface area (Å²) in [6.45, 7) is 9.65. The van der Waals surface area contributed by atoms with Crippen molar-refractivity contribution in [3.05, 3.63) is 24.3 Å². The van der Waals surface area contributed by atoms with Gasteiger partial charge in [-0.05, 0) is 58.4 Å². The molecule has 0 saturated heterocycles. The first-order chi connectivity index (χ1) is 10.3. The SMILES string of the molecule is CCN(c1ccc(NC(=O)N(C)CCC(C)O)cc1)C(C)C. The van der Waals surface area contributed by atoms with Crippen LogP contribution in [0.3, 0.4) is 0 Å². The van der Waals surface area contributed by atoms with Gasteiger partial charge in [0, 0.05) is 37.6 Å². The van der Waals surface area contributed by atoms with Gasteiger partial charge in [-0.3, -0.25) is 0 Å². The summed E-state index contributed by atoms with van der Waals surface area (Å²) >= 11 is 0. The van der Waals surface area contributed by atoms with Gasteiger partial charge in [-0.25, -0.2) is 4.79 Å². The molecule has 0 aliphatic rings. The van der Waals surface area contributed by atoms with Crippen LogP contribution in [0.1, 0.15) is 34.1 Å². The second-order valence-electron chi connectivity index (χ2n) is 5.92. The van der Waals surface area contributed by atoms with Gasteiger partial charge in [-0.2, -0.15) is 0 Å². The Kier molecular flexibility index (Phi) is 7.18. The molecular formula is C17H29N3O2. The average molecular weight is 307 g/mol. The molecule has 0 bridgehead atoms. The summed E-state index contributed by atoms with van der Waals surface area (Å²) in [5.74, 6) is 0. The van der Waals surface area contributed by atoms with Crippen LogP contribution in [0.2, 0.25) is 0 Å². The van der Waals surface area contributed by atoms with Crippen LogP contribution in [-0.2, 0) is 0 Å². The van der Waals surface area contributed by atoms with Gasteiger partial charge in [0.1, 0.15) is 0 Å². The number of aliphatic hydroxyl groups is 1. The maximum atomic E-state index is 12.0. The number of carbonyl (C=O) groups excluding carboxylic acids is 1. The van der Waals surface area contributed by atoms with E-state index in [1.54, 1.807) is 18.9 Å². The molecule has 5 heteroatoms. The lowest BCUT2D eigenvalue weighted by atomic mass is 10.2. The smallest absolute Gasteiger partial charge is 0.321 e. The molecule has 1 rings (SSSR count). The van der Waals surface area contributed by atoms with Crippen LogP contribution in [0, 0.1) is 0 Å². The van der Waals surface area contributed by atoms with E-state index in [1.807, 2.05) is 24.3 Å². The molecule has 2 N–H and O–H groups in total. The molecule has 2 amide bonds. The standard InChI is InChI=1S/C17H29N3O2/c1-6-20(13(2)3)16-9-7-15(8-10-16)18-17(22)19(5)12-11-14(4)21/h7-10,13-14,21H,6,11-12H2,1-5H3,(H,18,22). The summed E-state index contributed by atoms with van der Waals surface area (Å²) in [6, 6.07) is 8.16. The second-order valence-corrected chi connectivity index (χ2v) is 5.92. The van der Waals surface area contributed by atoms with E-state index in [-0.39, 0.29) is 6.03 Å². The molecule has 0 heterocycles. The topological polar surface area (TPSA) is 55.8 Å². The lowest BCUT2D eigenvalue weighted by Crippen LogP contribution is -2.33. The van der Waals surface area contributed by atoms with Crippen molar-refractivity contribution in [2.24, 2.45) is 0 Å². The molecule has 0 aliphatic heterocycles. The molecule has 0 saturated carbocycles. The molecule has 22 heavy (non-hydrogen) atoms. The van der Waals surface area contributed by atoms with E-state index in [1.165, 1.54) is 0 Å². The van der Waals surface area contributed by atoms with E-state index in [0.717, 1.165) is 17.9 Å². The summed E-state index contributed by atoms with van der Waals surface area (Å²) in [5.41, 5.74) is 1.93. The number of amides is 2. The monoisotopic (exact) mass is 307 g/mol. The van der Waals surface area contributed by atoms with Crippen molar-refractivity contribution in [3.8, 4) is 0 Å². The number of hydrogen-bond donors (Lipinski definition) is 2. The Morgan fingerprint density at radius 2 is 1.82 bits per heavy atom. The first kappa shape index (κ1) is 18.3. The Labute approximate surface area is 133 Å². The first-order valence-electron chi connectivity index (χ1n) is 7.92. The zero-order chi connectivity index (χ0) is 16.7. The fourth-order valence-corrected chi connectivity index (χ4v) is 2.28. The number of hydrogen-bond acceptors (Lipinski definition) is 3. The van der Waals surface area contributed by atoms with E-state index in [0.29, 0.717) is 19.0 Å². The van der Waals surface area contributed by atoms with Crippen molar-refractivity contribution in [2.75, 3.05) is 30.4 Å². The van der Waals surface area contributed by atoms with Gasteiger partial charge in [0.15, 0.2) is 0 Å². The zero-order valence-electron chi connectivity index (χ0n) is 14.3. The molecule has 0 fully saturated rings. The molecular weight excluding hydrogens is 278 g/mol. The number of benzene rings is 1. The minimum Gasteiger partial charge on any atom is -0.393 e. The van der Waals surface area contributed by atoms with Crippen LogP contribution in [-0.4, -0.2) is 48.3 Å². The molecule has 5 nitrogen and oxygen atoms in total. The third-order valence-corrected chi connectivity index (χ3v) is 3.64. The summed E-state index contributed by atoms with van der Waals surface area (Å²) < 4.78 is 0. The van der Waals surface area contributed by atoms with E-state index < -0.39 is 6.10 Å². The van der Waals surface area contributed by atoms with Gasteiger partial charge in [0.25, 0.3) is 0 Å². The van der Waals surface area contributed by atoms with Gasteiger partial charge in [0.2, 0.25) is 0 Å². The number of carbonyl (C=O) groups is 1. The van der Waals surface area contributed by atoms with Crippen molar-refractivity contribution >= 4 is 17.4 Å². The fourth-order valence-electron chi connectivity index (χ4n) is 2.28. The molecule has 0 aromatic heterocycles. The van der Waals surface area contributed by atoms with Crippen molar-refractivity contribution in [3.63, 3.8) is 0 Å². The molecule has 1 atom stereocenters. The van der Waals surface area contributed by atoms with Crippen LogP contribution >= 0.6 is 0 Å². The number of aliphatic hydroxyl groups excluding tert-OH is 1. The highest BCUT2D eigenvalue weighted by molar-refractivity contribution is 5.89. The molecule has 1 unspecified atom stereocenters. The number of rotatable bonds is 7. The first-order valence-corrected chi connectivity index (χ1v) is 7.92. The maximum Gasteiger partial charge on any atom is 0.321 e. The second kappa shape index (κ2) is 8.63. The van der Waals surface area contributed by atoms with E-state index in [4.69, 9.17) is 0 Å². The average Bonchev–Trinajstić information content (AvgIpc) is 2.46. The lowest BCUT2D eigenvalue weighted by Gasteiger charge is -2.27. The molecule has 124 valence electrons. The van der Waals surface area contributed by atoms with Crippen LogP contribution in [0.15, 0.2) is 24.3 Å². The summed E-state index contributed by atoms with van der Waals surface area (Å²) in [7, 11) is 1.73. The number of nitrogens with zero attached hydrogens (tertiary/aromatic N) is 2. The largest absolute Gasteiger partial charge is 0.393 e. The minimum atomic E-state index is -0.398. The third-order valence-electron chi connectivity index (χ3n) is 3.64. The zero-order valence-corrected chi connectivity index (χ0v) is 14.3. The van der Waals surface area contributed by atoms with Gasteiger partial charge in [-0.1, -0.05) is 0 Å². The Bertz CT molecular complexity index is 457. The van der Waals surface area contributed by atoms with Gasteiger partial charge in [0.05, 0.1) is 6.10 Å². The van der Waals surface area contributed by atoms with Crippen LogP contribution in [0.5, 0.6) is 0 Å². The summed E-state index contributed by atoms with van der Waals surface area (Å²) in [5, 5.41) is 12.1. The minimum absolute atomic E-state index is 0.162. The predicted molar refractivity (Wildman–Crippen MR) is 92.5 cm³/mol. The Balaban J connectivity index is 2.62. The highest BCUT2D eigenvalue weighted by Gasteiger charge is 2.11. The summed E-state index contributed by atoms with van der Waals surface area (Å²) in [4.78, 5) is 15.9. The number of urea groups is 1. The van der Waals surface area contributed by atoms with Crippen molar-refractivity contribution in [2.45, 2.75) is 46.3 Å². The Hall–Kier alpha value is -1.75. The Morgan fingerprint density at radius 1 is 1.23 bits per heavy atom. The van der Waals surface area contributed by atoms with Crippen molar-refractivity contribution < 1.29 is 9.90 Å². The highest BCUT2D eigenvalue weighted by atomic mass is 16.3. The fraction of sp³-hybridized carbons (Fsp3) is 0.588. The third kappa shape index (κ3) is 5.56.